The highest BCUT2D eigenvalue weighted by Crippen LogP contribution is 2.33. The van der Waals surface area contributed by atoms with Gasteiger partial charge in [-0.3, -0.25) is 4.79 Å². The summed E-state index contributed by atoms with van der Waals surface area (Å²) >= 11 is 0. The van der Waals surface area contributed by atoms with Crippen molar-refractivity contribution in [1.29, 1.82) is 0 Å². The van der Waals surface area contributed by atoms with Gasteiger partial charge >= 0.3 is 0 Å². The molecule has 1 aromatic carbocycles. The number of rotatable bonds is 6. The Morgan fingerprint density at radius 1 is 1.19 bits per heavy atom. The monoisotopic (exact) mass is 485 g/mol. The highest BCUT2D eigenvalue weighted by Gasteiger charge is 2.19. The van der Waals surface area contributed by atoms with Crippen molar-refractivity contribution in [2.45, 2.75) is 52.0 Å². The molecule has 1 aromatic heterocycles. The Labute approximate surface area is 218 Å². The fourth-order valence-corrected chi connectivity index (χ4v) is 4.45. The molecule has 1 amide bonds. The van der Waals surface area contributed by atoms with Crippen molar-refractivity contribution in [1.82, 2.24) is 14.8 Å². The van der Waals surface area contributed by atoms with Crippen LogP contribution in [-0.4, -0.2) is 35.5 Å². The zero-order valence-corrected chi connectivity index (χ0v) is 22.4. The molecule has 4 rings (SSSR count). The third kappa shape index (κ3) is 7.82. The Kier molecular flexibility index (Phi) is 12.5. The van der Waals surface area contributed by atoms with E-state index in [-0.39, 0.29) is 5.91 Å². The lowest BCUT2D eigenvalue weighted by Crippen LogP contribution is -2.26. The van der Waals surface area contributed by atoms with Crippen LogP contribution in [0.5, 0.6) is 0 Å². The molecule has 36 heavy (non-hydrogen) atoms. The number of carbonyl (C=O) groups excluding carboxylic acids is 1. The number of likely N-dealkylation sites (N-methyl/N-ethyl adjacent to an activating group) is 1. The molecule has 1 fully saturated rings. The lowest BCUT2D eigenvalue weighted by atomic mass is 9.90. The maximum Gasteiger partial charge on any atom is 0.253 e. The van der Waals surface area contributed by atoms with Crippen LogP contribution in [0.25, 0.3) is 10.9 Å². The van der Waals surface area contributed by atoms with E-state index in [2.05, 4.69) is 66.2 Å². The second kappa shape index (κ2) is 15.6. The molecule has 1 aliphatic heterocycles. The molecule has 0 atom stereocenters. The summed E-state index contributed by atoms with van der Waals surface area (Å²) in [5.74, 6) is 0.764. The summed E-state index contributed by atoms with van der Waals surface area (Å²) in [5, 5.41) is 4.90. The van der Waals surface area contributed by atoms with Crippen molar-refractivity contribution in [2.75, 3.05) is 20.1 Å². The number of hydrogen-bond donors (Lipinski definition) is 1. The number of aromatic nitrogens is 1. The van der Waals surface area contributed by atoms with Gasteiger partial charge in [-0.15, -0.1) is 19.7 Å². The number of carbonyl (C=O) groups is 1. The topological polar surface area (TPSA) is 37.3 Å². The minimum absolute atomic E-state index is 0.0451. The highest BCUT2D eigenvalue weighted by atomic mass is 16.2. The normalized spacial score (nSPS) is 15.6. The van der Waals surface area contributed by atoms with Gasteiger partial charge in [0.15, 0.2) is 0 Å². The zero-order chi connectivity index (χ0) is 26.3. The molecule has 1 N–H and O–H groups in total. The van der Waals surface area contributed by atoms with Crippen LogP contribution in [-0.2, 0) is 11.3 Å². The SMILES string of the molecule is C/C=C(\C)C(=O)N(C)C1=CC=CCC=C1.C=C.C=CCCn1cc(C2CCNCC2)c2ccccc21. The van der Waals surface area contributed by atoms with E-state index in [4.69, 9.17) is 0 Å². The van der Waals surface area contributed by atoms with Gasteiger partial charge in [-0.1, -0.05) is 48.6 Å². The average molecular weight is 486 g/mol. The molecule has 2 aliphatic rings. The van der Waals surface area contributed by atoms with Gasteiger partial charge < -0.3 is 14.8 Å². The Morgan fingerprint density at radius 3 is 2.61 bits per heavy atom. The molecule has 4 nitrogen and oxygen atoms in total. The minimum Gasteiger partial charge on any atom is -0.347 e. The van der Waals surface area contributed by atoms with E-state index < -0.39 is 0 Å². The molecule has 0 spiro atoms. The minimum atomic E-state index is 0.0451. The largest absolute Gasteiger partial charge is 0.347 e. The third-order valence-corrected chi connectivity index (χ3v) is 6.60. The molecule has 192 valence electrons. The number of benzene rings is 1. The molecular formula is C32H43N3O. The standard InChI is InChI=1S/C17H22N2.C13H17NO.C2H4/c1-2-3-12-19-13-16(14-8-10-18-11-9-14)15-6-4-5-7-17(15)19;1-4-11(2)13(15)14(3)12-9-7-5-6-8-10-12;1-2/h2,4-7,13-14,18H,1,3,8-12H2;4-5,7-10H,6H2,1-3H3;1-2H2/b;11-4+;. The summed E-state index contributed by atoms with van der Waals surface area (Å²) in [7, 11) is 1.80. The van der Waals surface area contributed by atoms with Crippen LogP contribution in [0.1, 0.15) is 51.0 Å². The summed E-state index contributed by atoms with van der Waals surface area (Å²) in [6.45, 7) is 16.9. The van der Waals surface area contributed by atoms with Crippen molar-refractivity contribution in [2.24, 2.45) is 0 Å². The van der Waals surface area contributed by atoms with Crippen LogP contribution in [0.15, 0.2) is 104 Å². The van der Waals surface area contributed by atoms with E-state index in [9.17, 15) is 4.79 Å². The summed E-state index contributed by atoms with van der Waals surface area (Å²) < 4.78 is 2.40. The van der Waals surface area contributed by atoms with Crippen molar-refractivity contribution in [3.63, 3.8) is 0 Å². The first-order chi connectivity index (χ1) is 17.6. The smallest absolute Gasteiger partial charge is 0.253 e. The maximum atomic E-state index is 11.8. The van der Waals surface area contributed by atoms with Gasteiger partial charge in [0.25, 0.3) is 5.91 Å². The first kappa shape index (κ1) is 28.9. The van der Waals surface area contributed by atoms with Crippen molar-refractivity contribution >= 4 is 16.8 Å². The van der Waals surface area contributed by atoms with Gasteiger partial charge in [0.05, 0.1) is 0 Å². The number of aryl methyl sites for hydroxylation is 1. The van der Waals surface area contributed by atoms with Gasteiger partial charge in [0.2, 0.25) is 0 Å². The highest BCUT2D eigenvalue weighted by molar-refractivity contribution is 5.94. The van der Waals surface area contributed by atoms with Gasteiger partial charge in [-0.2, -0.15) is 0 Å². The number of para-hydroxylation sites is 1. The molecule has 0 bridgehead atoms. The van der Waals surface area contributed by atoms with E-state index in [1.54, 1.807) is 17.5 Å². The van der Waals surface area contributed by atoms with E-state index in [0.717, 1.165) is 49.7 Å². The number of amides is 1. The first-order valence-electron chi connectivity index (χ1n) is 12.9. The quantitative estimate of drug-likeness (QED) is 0.344. The second-order valence-electron chi connectivity index (χ2n) is 8.89. The van der Waals surface area contributed by atoms with Crippen molar-refractivity contribution in [3.05, 3.63) is 110 Å². The molecule has 2 heterocycles. The van der Waals surface area contributed by atoms with Crippen molar-refractivity contribution < 1.29 is 4.79 Å². The fraction of sp³-hybridized carbons (Fsp3) is 0.344. The molecular weight excluding hydrogens is 442 g/mol. The Balaban J connectivity index is 0.000000244. The predicted molar refractivity (Wildman–Crippen MR) is 156 cm³/mol. The van der Waals surface area contributed by atoms with E-state index >= 15 is 0 Å². The molecule has 4 heteroatoms. The number of hydrogen-bond acceptors (Lipinski definition) is 2. The van der Waals surface area contributed by atoms with Crippen LogP contribution in [0.4, 0.5) is 0 Å². The van der Waals surface area contributed by atoms with E-state index in [1.165, 1.54) is 23.7 Å². The van der Waals surface area contributed by atoms with Crippen LogP contribution in [0, 0.1) is 0 Å². The molecule has 0 saturated carbocycles. The van der Waals surface area contributed by atoms with Crippen LogP contribution < -0.4 is 5.32 Å². The number of fused-ring (bicyclic) bond motifs is 1. The molecule has 0 radical (unpaired) electrons. The molecule has 2 aromatic rings. The first-order valence-corrected chi connectivity index (χ1v) is 12.9. The second-order valence-corrected chi connectivity index (χ2v) is 8.89. The summed E-state index contributed by atoms with van der Waals surface area (Å²) in [6, 6.07) is 8.81. The van der Waals surface area contributed by atoms with Gasteiger partial charge in [-0.25, -0.2) is 0 Å². The average Bonchev–Trinajstić information content (AvgIpc) is 3.10. The molecule has 1 saturated heterocycles. The van der Waals surface area contributed by atoms with Gasteiger partial charge in [0, 0.05) is 42.0 Å². The van der Waals surface area contributed by atoms with Crippen LogP contribution in [0.2, 0.25) is 0 Å². The lowest BCUT2D eigenvalue weighted by molar-refractivity contribution is -0.124. The van der Waals surface area contributed by atoms with E-state index in [0.29, 0.717) is 0 Å². The van der Waals surface area contributed by atoms with Crippen molar-refractivity contribution in [3.8, 4) is 0 Å². The molecule has 0 unspecified atom stereocenters. The van der Waals surface area contributed by atoms with E-state index in [1.807, 2.05) is 50.3 Å². The maximum absolute atomic E-state index is 11.8. The Hall–Kier alpha value is -3.37. The summed E-state index contributed by atoms with van der Waals surface area (Å²) in [4.78, 5) is 13.5. The number of nitrogens with one attached hydrogen (secondary N) is 1. The summed E-state index contributed by atoms with van der Waals surface area (Å²) in [5.41, 5.74) is 4.61. The van der Waals surface area contributed by atoms with Gasteiger partial charge in [-0.05, 0) is 82.3 Å². The summed E-state index contributed by atoms with van der Waals surface area (Å²) in [6.07, 6.45) is 20.7. The number of allylic oxidation sites excluding steroid dienone is 7. The van der Waals surface area contributed by atoms with Crippen LogP contribution >= 0.6 is 0 Å². The predicted octanol–water partition coefficient (Wildman–Crippen LogP) is 7.30. The Bertz CT molecular complexity index is 1110. The van der Waals surface area contributed by atoms with Gasteiger partial charge in [0.1, 0.15) is 0 Å². The molecule has 1 aliphatic carbocycles. The zero-order valence-electron chi connectivity index (χ0n) is 22.4. The fourth-order valence-electron chi connectivity index (χ4n) is 4.45. The van der Waals surface area contributed by atoms with Crippen LogP contribution in [0.3, 0.4) is 0 Å². The Morgan fingerprint density at radius 2 is 1.92 bits per heavy atom. The lowest BCUT2D eigenvalue weighted by Gasteiger charge is -2.22. The number of nitrogens with zero attached hydrogens (tertiary/aromatic N) is 2. The number of piperidine rings is 1. The third-order valence-electron chi connectivity index (χ3n) is 6.60.